The molecule has 17 unspecified atom stereocenters. The van der Waals surface area contributed by atoms with Gasteiger partial charge in [-0.25, -0.2) is 0 Å². The van der Waals surface area contributed by atoms with Crippen LogP contribution in [0, 0.1) is 0 Å². The van der Waals surface area contributed by atoms with Gasteiger partial charge in [-0.15, -0.1) is 0 Å². The van der Waals surface area contributed by atoms with E-state index in [1.807, 2.05) is 6.08 Å². The van der Waals surface area contributed by atoms with E-state index in [9.17, 15) is 61.0 Å². The number of carbonyl (C=O) groups excluding carboxylic acids is 1. The fraction of sp³-hybridized carbons (Fsp3) is 0.925. The van der Waals surface area contributed by atoms with E-state index in [0.717, 1.165) is 44.9 Å². The van der Waals surface area contributed by atoms with Gasteiger partial charge < -0.3 is 89.9 Å². The second kappa shape index (κ2) is 49.9. The molecule has 0 saturated carbocycles. The van der Waals surface area contributed by atoms with Crippen molar-refractivity contribution in [1.82, 2.24) is 5.32 Å². The molecule has 3 rings (SSSR count). The van der Waals surface area contributed by atoms with Crippen molar-refractivity contribution in [3.8, 4) is 0 Å². The predicted octanol–water partition coefficient (Wildman–Crippen LogP) is 8.66. The van der Waals surface area contributed by atoms with Crippen LogP contribution in [-0.2, 0) is 33.2 Å². The van der Waals surface area contributed by atoms with Crippen LogP contribution >= 0.6 is 0 Å². The summed E-state index contributed by atoms with van der Waals surface area (Å²) in [5.74, 6) is -0.289. The van der Waals surface area contributed by atoms with Gasteiger partial charge in [0.1, 0.15) is 73.2 Å². The Morgan fingerprint density at radius 3 is 1.16 bits per heavy atom. The number of carbonyl (C=O) groups is 1. The summed E-state index contributed by atoms with van der Waals surface area (Å²) in [6.07, 6.45) is 29.5. The Morgan fingerprint density at radius 2 is 0.744 bits per heavy atom. The lowest BCUT2D eigenvalue weighted by Gasteiger charge is -2.48. The Hall–Kier alpha value is -1.73. The fourth-order valence-electron chi connectivity index (χ4n) is 11.9. The van der Waals surface area contributed by atoms with Crippen LogP contribution in [0.15, 0.2) is 24.3 Å². The van der Waals surface area contributed by atoms with E-state index >= 15 is 0 Å². The first kappa shape index (κ1) is 78.5. The first-order valence-electron chi connectivity index (χ1n) is 34.6. The zero-order chi connectivity index (χ0) is 62.6. The average Bonchev–Trinajstić information content (AvgIpc) is 1.19. The van der Waals surface area contributed by atoms with E-state index in [2.05, 4.69) is 31.3 Å². The molecule has 19 heteroatoms. The molecule has 506 valence electrons. The van der Waals surface area contributed by atoms with Crippen molar-refractivity contribution in [2.75, 3.05) is 26.4 Å². The van der Waals surface area contributed by atoms with Gasteiger partial charge in [-0.3, -0.25) is 4.79 Å². The number of rotatable bonds is 53. The van der Waals surface area contributed by atoms with E-state index < -0.39 is 124 Å². The number of amides is 1. The molecule has 3 saturated heterocycles. The number of aliphatic hydroxyl groups is 11. The molecule has 17 atom stereocenters. The molecule has 19 nitrogen and oxygen atoms in total. The Balaban J connectivity index is 1.34. The molecule has 3 aliphatic heterocycles. The van der Waals surface area contributed by atoms with Gasteiger partial charge in [-0.2, -0.15) is 0 Å². The van der Waals surface area contributed by atoms with E-state index in [4.69, 9.17) is 28.4 Å². The first-order chi connectivity index (χ1) is 41.8. The van der Waals surface area contributed by atoms with Crippen molar-refractivity contribution >= 4 is 5.91 Å². The van der Waals surface area contributed by atoms with Gasteiger partial charge >= 0.3 is 0 Å². The number of aliphatic hydroxyl groups excluding tert-OH is 11. The third-order valence-electron chi connectivity index (χ3n) is 17.5. The van der Waals surface area contributed by atoms with Crippen LogP contribution in [0.5, 0.6) is 0 Å². The minimum Gasteiger partial charge on any atom is -0.394 e. The van der Waals surface area contributed by atoms with E-state index in [0.29, 0.717) is 12.8 Å². The smallest absolute Gasteiger partial charge is 0.220 e. The molecule has 3 heterocycles. The molecule has 0 aliphatic carbocycles. The number of hydrogen-bond acceptors (Lipinski definition) is 18. The maximum atomic E-state index is 13.2. The van der Waals surface area contributed by atoms with Crippen LogP contribution in [0.4, 0.5) is 0 Å². The summed E-state index contributed by atoms with van der Waals surface area (Å²) in [7, 11) is 0. The van der Waals surface area contributed by atoms with Gasteiger partial charge in [-0.05, 0) is 32.1 Å². The summed E-state index contributed by atoms with van der Waals surface area (Å²) in [5, 5.41) is 120. The second-order valence-electron chi connectivity index (χ2n) is 25.0. The summed E-state index contributed by atoms with van der Waals surface area (Å²) >= 11 is 0. The van der Waals surface area contributed by atoms with Gasteiger partial charge in [-0.1, -0.05) is 250 Å². The first-order valence-corrected chi connectivity index (χ1v) is 34.6. The van der Waals surface area contributed by atoms with E-state index in [1.54, 1.807) is 6.08 Å². The van der Waals surface area contributed by atoms with E-state index in [-0.39, 0.29) is 18.9 Å². The van der Waals surface area contributed by atoms with Crippen molar-refractivity contribution in [3.63, 3.8) is 0 Å². The Morgan fingerprint density at radius 1 is 0.407 bits per heavy atom. The topological polar surface area (TPSA) is 307 Å². The van der Waals surface area contributed by atoms with Crippen LogP contribution in [0.1, 0.15) is 264 Å². The summed E-state index contributed by atoms with van der Waals surface area (Å²) in [4.78, 5) is 13.2. The van der Waals surface area contributed by atoms with Crippen LogP contribution in [0.2, 0.25) is 0 Å². The van der Waals surface area contributed by atoms with Crippen LogP contribution in [0.25, 0.3) is 0 Å². The number of unbranched alkanes of at least 4 members (excludes halogenated alkanes) is 35. The van der Waals surface area contributed by atoms with Crippen molar-refractivity contribution in [2.45, 2.75) is 369 Å². The third kappa shape index (κ3) is 32.0. The van der Waals surface area contributed by atoms with Gasteiger partial charge in [0.25, 0.3) is 0 Å². The maximum Gasteiger partial charge on any atom is 0.220 e. The standard InChI is InChI=1S/C67H125NO18/c1-3-5-7-9-11-13-14-15-16-17-18-19-20-21-22-23-24-25-26-27-28-29-30-31-32-33-34-35-36-37-38-40-42-44-51(72)50(68-55(73)45-43-41-39-12-10-8-6-4-2)49-81-65-61(79)58(76)63(53(47-70)83-65)86-67-62(80)59(77)64(54(48-71)84-67)85-66-60(78)57(75)56(74)52(46-69)82-66/h36-37,42,44,50-54,56-67,69-72,74-80H,3-35,38-41,43,45-49H2,1-2H3,(H,68,73)/b37-36+,44-42+. The highest BCUT2D eigenvalue weighted by Crippen LogP contribution is 2.33. The number of hydrogen-bond donors (Lipinski definition) is 12. The molecule has 0 aromatic heterocycles. The van der Waals surface area contributed by atoms with Crippen molar-refractivity contribution in [1.29, 1.82) is 0 Å². The summed E-state index contributed by atoms with van der Waals surface area (Å²) < 4.78 is 34.2. The molecule has 0 radical (unpaired) electrons. The van der Waals surface area contributed by atoms with Crippen molar-refractivity contribution in [2.24, 2.45) is 0 Å². The monoisotopic (exact) mass is 1230 g/mol. The average molecular weight is 1230 g/mol. The number of nitrogens with one attached hydrogen (secondary N) is 1. The van der Waals surface area contributed by atoms with Crippen LogP contribution in [0.3, 0.4) is 0 Å². The molecule has 3 fully saturated rings. The number of ether oxygens (including phenoxy) is 6. The minimum atomic E-state index is -1.98. The fourth-order valence-corrected chi connectivity index (χ4v) is 11.9. The molecule has 1 amide bonds. The van der Waals surface area contributed by atoms with E-state index in [1.165, 1.54) is 186 Å². The summed E-state index contributed by atoms with van der Waals surface area (Å²) in [6, 6.07) is -0.984. The molecule has 86 heavy (non-hydrogen) atoms. The molecule has 0 bridgehead atoms. The van der Waals surface area contributed by atoms with Crippen molar-refractivity contribution in [3.05, 3.63) is 24.3 Å². The molecule has 0 spiro atoms. The lowest BCUT2D eigenvalue weighted by Crippen LogP contribution is -2.66. The number of allylic oxidation sites excluding steroid dienone is 3. The molecule has 0 aromatic rings. The molecule has 0 aromatic carbocycles. The Kier molecular flexibility index (Phi) is 45.6. The normalized spacial score (nSPS) is 28.9. The highest BCUT2D eigenvalue weighted by molar-refractivity contribution is 5.76. The quantitative estimate of drug-likeness (QED) is 0.0200. The lowest BCUT2D eigenvalue weighted by molar-refractivity contribution is -0.379. The molecule has 12 N–H and O–H groups in total. The Labute approximate surface area is 518 Å². The molecule has 3 aliphatic rings. The third-order valence-corrected chi connectivity index (χ3v) is 17.5. The van der Waals surface area contributed by atoms with Gasteiger partial charge in [0.05, 0.1) is 38.6 Å². The second-order valence-corrected chi connectivity index (χ2v) is 25.0. The summed E-state index contributed by atoms with van der Waals surface area (Å²) in [5.41, 5.74) is 0. The van der Waals surface area contributed by atoms with Gasteiger partial charge in [0.15, 0.2) is 18.9 Å². The van der Waals surface area contributed by atoms with Crippen LogP contribution in [-0.4, -0.2) is 193 Å². The maximum absolute atomic E-state index is 13.2. The zero-order valence-corrected chi connectivity index (χ0v) is 53.3. The molecular formula is C67H125NO18. The highest BCUT2D eigenvalue weighted by atomic mass is 16.8. The Bertz CT molecular complexity index is 1660. The minimum absolute atomic E-state index is 0.237. The molecular weight excluding hydrogens is 1110 g/mol. The predicted molar refractivity (Wildman–Crippen MR) is 333 cm³/mol. The van der Waals surface area contributed by atoms with Gasteiger partial charge in [0, 0.05) is 6.42 Å². The van der Waals surface area contributed by atoms with Crippen LogP contribution < -0.4 is 5.32 Å². The lowest BCUT2D eigenvalue weighted by atomic mass is 9.96. The van der Waals surface area contributed by atoms with Gasteiger partial charge in [0.2, 0.25) is 5.91 Å². The SMILES string of the molecule is CCCCCCCCCCCCCCCCCCCCCCCCCCCCC/C=C/CC/C=C/C(O)C(COC1OC(CO)C(OC2OC(CO)C(OC3OC(CO)C(O)C(O)C3O)C(O)C2O)C(O)C1O)NC(=O)CCCCCCCCCC. The van der Waals surface area contributed by atoms with Crippen molar-refractivity contribution < 1.29 is 89.4 Å². The largest absolute Gasteiger partial charge is 0.394 e. The zero-order valence-electron chi connectivity index (χ0n) is 53.3. The highest BCUT2D eigenvalue weighted by Gasteiger charge is 2.53. The summed E-state index contributed by atoms with van der Waals surface area (Å²) in [6.45, 7) is 1.68.